The van der Waals surface area contributed by atoms with Crippen LogP contribution in [0.3, 0.4) is 0 Å². The minimum atomic E-state index is -0.787. The summed E-state index contributed by atoms with van der Waals surface area (Å²) in [6, 6.07) is 4.05. The van der Waals surface area contributed by atoms with Crippen LogP contribution in [-0.4, -0.2) is 56.5 Å². The molecule has 0 bridgehead atoms. The summed E-state index contributed by atoms with van der Waals surface area (Å²) in [4.78, 5) is 49.4. The Bertz CT molecular complexity index is 962. The summed E-state index contributed by atoms with van der Waals surface area (Å²) >= 11 is 0. The second kappa shape index (κ2) is 18.3. The molecule has 0 aliphatic carbocycles. The predicted molar refractivity (Wildman–Crippen MR) is 150 cm³/mol. The van der Waals surface area contributed by atoms with Gasteiger partial charge < -0.3 is 29.0 Å². The number of hydrogen-bond donors (Lipinski definition) is 1. The van der Waals surface area contributed by atoms with Gasteiger partial charge in [0, 0.05) is 19.4 Å². The van der Waals surface area contributed by atoms with Crippen molar-refractivity contribution in [3.05, 3.63) is 23.8 Å². The van der Waals surface area contributed by atoms with E-state index in [1.165, 1.54) is 7.11 Å². The summed E-state index contributed by atoms with van der Waals surface area (Å²) in [5.41, 5.74) is 0.640. The summed E-state index contributed by atoms with van der Waals surface area (Å²) in [5.74, 6) is -0.673. The van der Waals surface area contributed by atoms with Crippen molar-refractivity contribution in [2.45, 2.75) is 92.7 Å². The van der Waals surface area contributed by atoms with E-state index in [1.54, 1.807) is 25.1 Å². The van der Waals surface area contributed by atoms with E-state index in [4.69, 9.17) is 23.7 Å². The van der Waals surface area contributed by atoms with Crippen LogP contribution in [0.4, 0.5) is 4.79 Å². The number of ether oxygens (including phenoxy) is 5. The van der Waals surface area contributed by atoms with Crippen LogP contribution < -0.4 is 14.8 Å². The number of esters is 3. The van der Waals surface area contributed by atoms with Crippen molar-refractivity contribution in [3.63, 3.8) is 0 Å². The van der Waals surface area contributed by atoms with Crippen LogP contribution in [0, 0.1) is 17.8 Å². The fourth-order valence-corrected chi connectivity index (χ4v) is 3.43. The highest BCUT2D eigenvalue weighted by molar-refractivity contribution is 5.77. The van der Waals surface area contributed by atoms with Gasteiger partial charge in [-0.1, -0.05) is 60.5 Å². The molecule has 0 aromatic heterocycles. The molecule has 1 rings (SSSR count). The largest absolute Gasteiger partial charge is 0.508 e. The van der Waals surface area contributed by atoms with Gasteiger partial charge in [-0.25, -0.2) is 4.79 Å². The number of hydrogen-bond acceptors (Lipinski definition) is 10. The Morgan fingerprint density at radius 3 is 1.95 bits per heavy atom. The van der Waals surface area contributed by atoms with Gasteiger partial charge in [0.25, 0.3) is 0 Å². The van der Waals surface area contributed by atoms with Crippen LogP contribution >= 0.6 is 0 Å². The summed E-state index contributed by atoms with van der Waals surface area (Å²) in [5, 5.41) is 3.06. The molecule has 10 nitrogen and oxygen atoms in total. The van der Waals surface area contributed by atoms with Crippen LogP contribution in [0.25, 0.3) is 0 Å². The smallest absolute Gasteiger partial charge is 0.468 e. The minimum Gasteiger partial charge on any atom is -0.468 e. The average molecular weight is 566 g/mol. The van der Waals surface area contributed by atoms with Gasteiger partial charge in [0.15, 0.2) is 11.5 Å². The molecule has 0 heterocycles. The molecule has 0 saturated carbocycles. The number of rotatable bonds is 17. The van der Waals surface area contributed by atoms with Crippen molar-refractivity contribution in [1.29, 1.82) is 0 Å². The Morgan fingerprint density at radius 2 is 1.43 bits per heavy atom. The molecule has 0 fully saturated rings. The van der Waals surface area contributed by atoms with Crippen molar-refractivity contribution in [2.24, 2.45) is 17.8 Å². The van der Waals surface area contributed by atoms with E-state index < -0.39 is 36.2 Å². The van der Waals surface area contributed by atoms with Crippen LogP contribution in [-0.2, 0) is 35.0 Å². The fourth-order valence-electron chi connectivity index (χ4n) is 3.43. The molecule has 1 aromatic carbocycles. The number of methoxy groups -OCH3 is 1. The lowest BCUT2D eigenvalue weighted by molar-refractivity contribution is -0.143. The lowest BCUT2D eigenvalue weighted by atomic mass is 10.0. The van der Waals surface area contributed by atoms with Gasteiger partial charge in [0.1, 0.15) is 12.1 Å². The van der Waals surface area contributed by atoms with Gasteiger partial charge in [-0.15, -0.1) is 0 Å². The van der Waals surface area contributed by atoms with Crippen molar-refractivity contribution >= 4 is 24.1 Å². The second-order valence-electron chi connectivity index (χ2n) is 10.7. The molecule has 0 aliphatic rings. The normalized spacial score (nSPS) is 14.0. The Balaban J connectivity index is 3.04. The standard InChI is InChI=1S/C30H47NO9/c1-9-20(5)13-27(32)39-25-12-11-23(16-26(25)40-28(33)14-21(6)10-2)15-24(29(34)36-8)31-17-22(7)38-30(35)37-18-19(3)4/h11-12,16,19-22,24,31H,9-10,13-15,17-18H2,1-8H3/t20?,21?,22?,24-/m0/s1. The lowest BCUT2D eigenvalue weighted by Gasteiger charge is -2.20. The molecule has 0 radical (unpaired) electrons. The molecule has 0 amide bonds. The third-order valence-electron chi connectivity index (χ3n) is 6.29. The topological polar surface area (TPSA) is 126 Å². The van der Waals surface area contributed by atoms with E-state index in [9.17, 15) is 19.2 Å². The SMILES string of the molecule is CCC(C)CC(=O)Oc1ccc(C[C@H](NCC(C)OC(=O)OCC(C)C)C(=O)OC)cc1OC(=O)CC(C)CC. The van der Waals surface area contributed by atoms with Crippen LogP contribution in [0.2, 0.25) is 0 Å². The van der Waals surface area contributed by atoms with Crippen LogP contribution in [0.1, 0.15) is 79.7 Å². The number of nitrogens with one attached hydrogen (secondary N) is 1. The lowest BCUT2D eigenvalue weighted by Crippen LogP contribution is -2.43. The highest BCUT2D eigenvalue weighted by Crippen LogP contribution is 2.31. The zero-order valence-corrected chi connectivity index (χ0v) is 25.2. The van der Waals surface area contributed by atoms with Gasteiger partial charge in [-0.2, -0.15) is 0 Å². The zero-order chi connectivity index (χ0) is 30.2. The van der Waals surface area contributed by atoms with Gasteiger partial charge >= 0.3 is 24.1 Å². The molecule has 1 aromatic rings. The zero-order valence-electron chi connectivity index (χ0n) is 25.2. The summed E-state index contributed by atoms with van der Waals surface area (Å²) in [7, 11) is 1.28. The van der Waals surface area contributed by atoms with Crippen molar-refractivity contribution in [3.8, 4) is 11.5 Å². The summed E-state index contributed by atoms with van der Waals surface area (Å²) < 4.78 is 26.4. The number of carbonyl (C=O) groups excluding carboxylic acids is 4. The molecular weight excluding hydrogens is 518 g/mol. The molecule has 0 saturated heterocycles. The first-order valence-corrected chi connectivity index (χ1v) is 14.1. The Morgan fingerprint density at radius 1 is 0.850 bits per heavy atom. The van der Waals surface area contributed by atoms with E-state index in [0.717, 1.165) is 12.8 Å². The Hall–Kier alpha value is -3.14. The molecular formula is C30H47NO9. The third-order valence-corrected chi connectivity index (χ3v) is 6.29. The van der Waals surface area contributed by atoms with Crippen molar-refractivity contribution in [1.82, 2.24) is 5.32 Å². The predicted octanol–water partition coefficient (Wildman–Crippen LogP) is 5.24. The quantitative estimate of drug-likeness (QED) is 0.198. The first-order valence-electron chi connectivity index (χ1n) is 14.1. The first kappa shape index (κ1) is 34.9. The number of benzene rings is 1. The molecule has 40 heavy (non-hydrogen) atoms. The van der Waals surface area contributed by atoms with Gasteiger partial charge in [0.2, 0.25) is 0 Å². The van der Waals surface area contributed by atoms with Crippen LogP contribution in [0.5, 0.6) is 11.5 Å². The number of carbonyl (C=O) groups is 4. The second-order valence-corrected chi connectivity index (χ2v) is 10.7. The van der Waals surface area contributed by atoms with E-state index >= 15 is 0 Å². The minimum absolute atomic E-state index is 0.108. The molecule has 0 spiro atoms. The first-order chi connectivity index (χ1) is 18.9. The van der Waals surface area contributed by atoms with Crippen molar-refractivity contribution < 1.29 is 42.9 Å². The summed E-state index contributed by atoms with van der Waals surface area (Å²) in [6.45, 7) is 13.8. The maximum Gasteiger partial charge on any atom is 0.508 e. The monoisotopic (exact) mass is 565 g/mol. The van der Waals surface area contributed by atoms with Crippen LogP contribution in [0.15, 0.2) is 18.2 Å². The van der Waals surface area contributed by atoms with Gasteiger partial charge in [0.05, 0.1) is 13.7 Å². The Kier molecular flexibility index (Phi) is 15.9. The Labute approximate surface area is 238 Å². The molecule has 226 valence electrons. The maximum absolute atomic E-state index is 12.6. The van der Waals surface area contributed by atoms with E-state index in [-0.39, 0.29) is 61.7 Å². The maximum atomic E-state index is 12.6. The van der Waals surface area contributed by atoms with Gasteiger partial charge in [-0.3, -0.25) is 14.4 Å². The van der Waals surface area contributed by atoms with Crippen molar-refractivity contribution in [2.75, 3.05) is 20.3 Å². The highest BCUT2D eigenvalue weighted by Gasteiger charge is 2.23. The average Bonchev–Trinajstić information content (AvgIpc) is 2.90. The highest BCUT2D eigenvalue weighted by atomic mass is 16.7. The molecule has 4 atom stereocenters. The molecule has 1 N–H and O–H groups in total. The summed E-state index contributed by atoms with van der Waals surface area (Å²) in [6.07, 6.45) is 0.916. The third kappa shape index (κ3) is 13.8. The van der Waals surface area contributed by atoms with E-state index in [2.05, 4.69) is 5.32 Å². The molecule has 0 aliphatic heterocycles. The van der Waals surface area contributed by atoms with E-state index in [1.807, 2.05) is 41.5 Å². The molecule has 3 unspecified atom stereocenters. The fraction of sp³-hybridized carbons (Fsp3) is 0.667. The van der Waals surface area contributed by atoms with Gasteiger partial charge in [-0.05, 0) is 48.8 Å². The van der Waals surface area contributed by atoms with E-state index in [0.29, 0.717) is 5.56 Å². The molecule has 10 heteroatoms.